The van der Waals surface area contributed by atoms with Crippen LogP contribution in [0.5, 0.6) is 0 Å². The molecule has 1 heterocycles. The number of nitrogens with one attached hydrogen (secondary N) is 1. The van der Waals surface area contributed by atoms with Gasteiger partial charge in [-0.25, -0.2) is 0 Å². The van der Waals surface area contributed by atoms with Crippen LogP contribution in [0.3, 0.4) is 0 Å². The topological polar surface area (TPSA) is 29.1 Å². The van der Waals surface area contributed by atoms with Crippen molar-refractivity contribution in [3.63, 3.8) is 0 Å². The number of hydrogen-bond donors (Lipinski definition) is 1. The minimum atomic E-state index is 0.293. The Hall–Kier alpha value is -0.530. The monoisotopic (exact) mass is 111 g/mol. The van der Waals surface area contributed by atoms with E-state index in [4.69, 9.17) is 0 Å². The average molecular weight is 111 g/mol. The van der Waals surface area contributed by atoms with E-state index in [-0.39, 0.29) is 0 Å². The molecule has 2 aliphatic rings. The molecule has 0 spiro atoms. The van der Waals surface area contributed by atoms with Gasteiger partial charge in [-0.3, -0.25) is 4.79 Å². The van der Waals surface area contributed by atoms with Gasteiger partial charge in [0.2, 0.25) is 5.91 Å². The van der Waals surface area contributed by atoms with Gasteiger partial charge >= 0.3 is 0 Å². The van der Waals surface area contributed by atoms with Gasteiger partial charge in [0.15, 0.2) is 0 Å². The third kappa shape index (κ3) is 0.403. The number of carbonyl (C=O) groups excluding carboxylic acids is 1. The minimum Gasteiger partial charge on any atom is -0.353 e. The molecule has 0 aromatic rings. The third-order valence-electron chi connectivity index (χ3n) is 2.15. The second-order valence-corrected chi connectivity index (χ2v) is 2.72. The van der Waals surface area contributed by atoms with Crippen molar-refractivity contribution in [3.8, 4) is 0 Å². The SMILES string of the molecule is O=C1N[C@H]2CCC1C2. The Morgan fingerprint density at radius 1 is 1.50 bits per heavy atom. The normalized spacial score (nSPS) is 42.8. The minimum absolute atomic E-state index is 0.293. The van der Waals surface area contributed by atoms with E-state index in [0.29, 0.717) is 17.9 Å². The fourth-order valence-corrected chi connectivity index (χ4v) is 1.67. The summed E-state index contributed by atoms with van der Waals surface area (Å²) in [6.07, 6.45) is 3.46. The highest BCUT2D eigenvalue weighted by Crippen LogP contribution is 2.31. The van der Waals surface area contributed by atoms with E-state index in [1.54, 1.807) is 0 Å². The summed E-state index contributed by atoms with van der Waals surface area (Å²) in [5.41, 5.74) is 0. The van der Waals surface area contributed by atoms with E-state index in [2.05, 4.69) is 5.32 Å². The van der Waals surface area contributed by atoms with Crippen molar-refractivity contribution < 1.29 is 4.79 Å². The second kappa shape index (κ2) is 1.24. The summed E-state index contributed by atoms with van der Waals surface area (Å²) in [4.78, 5) is 10.7. The molecule has 0 aromatic heterocycles. The van der Waals surface area contributed by atoms with Gasteiger partial charge in [-0.2, -0.15) is 0 Å². The lowest BCUT2D eigenvalue weighted by Crippen LogP contribution is -2.30. The molecule has 1 saturated heterocycles. The Balaban J connectivity index is 2.22. The molecule has 2 heteroatoms. The molecule has 8 heavy (non-hydrogen) atoms. The number of fused-ring (bicyclic) bond motifs is 2. The molecule has 2 nitrogen and oxygen atoms in total. The molecule has 44 valence electrons. The van der Waals surface area contributed by atoms with E-state index >= 15 is 0 Å². The van der Waals surface area contributed by atoms with Crippen molar-refractivity contribution in [1.29, 1.82) is 0 Å². The highest BCUT2D eigenvalue weighted by molar-refractivity contribution is 5.82. The Labute approximate surface area is 48.3 Å². The zero-order chi connectivity index (χ0) is 5.56. The van der Waals surface area contributed by atoms with Crippen molar-refractivity contribution in [2.75, 3.05) is 0 Å². The predicted octanol–water partition coefficient (Wildman–Crippen LogP) is 0.285. The summed E-state index contributed by atoms with van der Waals surface area (Å²) < 4.78 is 0. The second-order valence-electron chi connectivity index (χ2n) is 2.72. The molecule has 0 radical (unpaired) electrons. The molecule has 1 unspecified atom stereocenters. The van der Waals surface area contributed by atoms with Crippen LogP contribution in [-0.2, 0) is 4.79 Å². The Bertz CT molecular complexity index is 132. The Morgan fingerprint density at radius 2 is 2.38 bits per heavy atom. The summed E-state index contributed by atoms with van der Waals surface area (Å²) >= 11 is 0. The lowest BCUT2D eigenvalue weighted by Gasteiger charge is -2.08. The predicted molar refractivity (Wildman–Crippen MR) is 29.3 cm³/mol. The number of amides is 1. The van der Waals surface area contributed by atoms with E-state index in [9.17, 15) is 4.79 Å². The van der Waals surface area contributed by atoms with E-state index in [1.165, 1.54) is 6.42 Å². The zero-order valence-corrected chi connectivity index (χ0v) is 4.68. The molecule has 2 rings (SSSR count). The van der Waals surface area contributed by atoms with Gasteiger partial charge in [-0.1, -0.05) is 0 Å². The summed E-state index contributed by atoms with van der Waals surface area (Å²) in [7, 11) is 0. The number of carbonyl (C=O) groups is 1. The zero-order valence-electron chi connectivity index (χ0n) is 4.68. The van der Waals surface area contributed by atoms with Crippen molar-refractivity contribution in [3.05, 3.63) is 0 Å². The van der Waals surface area contributed by atoms with Crippen molar-refractivity contribution in [2.45, 2.75) is 25.3 Å². The fraction of sp³-hybridized carbons (Fsp3) is 0.833. The van der Waals surface area contributed by atoms with Crippen LogP contribution >= 0.6 is 0 Å². The summed E-state index contributed by atoms with van der Waals surface area (Å²) in [6, 6.07) is 0.549. The molecule has 1 N–H and O–H groups in total. The number of rotatable bonds is 0. The first-order valence-corrected chi connectivity index (χ1v) is 3.16. The molecule has 2 bridgehead atoms. The van der Waals surface area contributed by atoms with Crippen LogP contribution in [0.15, 0.2) is 0 Å². The maximum Gasteiger partial charge on any atom is 0.223 e. The number of hydrogen-bond acceptors (Lipinski definition) is 1. The molecule has 1 amide bonds. The van der Waals surface area contributed by atoms with Gasteiger partial charge in [0, 0.05) is 12.0 Å². The molecule has 1 saturated carbocycles. The lowest BCUT2D eigenvalue weighted by atomic mass is 10.1. The van der Waals surface area contributed by atoms with Gasteiger partial charge in [0.1, 0.15) is 0 Å². The van der Waals surface area contributed by atoms with Crippen LogP contribution < -0.4 is 5.32 Å². The standard InChI is InChI=1S/C6H9NO/c8-6-4-1-2-5(3-4)7-6/h4-5H,1-3H2,(H,7,8)/t4?,5-/m0/s1. The van der Waals surface area contributed by atoms with Gasteiger partial charge in [-0.15, -0.1) is 0 Å². The van der Waals surface area contributed by atoms with Crippen LogP contribution in [-0.4, -0.2) is 11.9 Å². The highest BCUT2D eigenvalue weighted by atomic mass is 16.2. The van der Waals surface area contributed by atoms with Crippen molar-refractivity contribution in [2.24, 2.45) is 5.92 Å². The number of piperidine rings is 1. The summed E-state index contributed by atoms with van der Waals surface area (Å²) in [5, 5.41) is 2.91. The molecule has 1 aliphatic carbocycles. The van der Waals surface area contributed by atoms with Gasteiger partial charge in [0.05, 0.1) is 0 Å². The van der Waals surface area contributed by atoms with Crippen LogP contribution in [0.2, 0.25) is 0 Å². The molecule has 1 aliphatic heterocycles. The highest BCUT2D eigenvalue weighted by Gasteiger charge is 2.37. The molecular weight excluding hydrogens is 102 g/mol. The Morgan fingerprint density at radius 3 is 2.62 bits per heavy atom. The van der Waals surface area contributed by atoms with Gasteiger partial charge < -0.3 is 5.32 Å². The smallest absolute Gasteiger partial charge is 0.223 e. The summed E-state index contributed by atoms with van der Waals surface area (Å²) in [5.74, 6) is 0.682. The van der Waals surface area contributed by atoms with Crippen LogP contribution in [0.25, 0.3) is 0 Å². The molecule has 0 aromatic carbocycles. The largest absolute Gasteiger partial charge is 0.353 e. The first kappa shape index (κ1) is 4.36. The Kier molecular flexibility index (Phi) is 0.678. The first-order valence-electron chi connectivity index (χ1n) is 3.16. The average Bonchev–Trinajstić information content (AvgIpc) is 2.23. The quantitative estimate of drug-likeness (QED) is 0.478. The maximum atomic E-state index is 10.7. The lowest BCUT2D eigenvalue weighted by molar-refractivity contribution is -0.123. The third-order valence-corrected chi connectivity index (χ3v) is 2.15. The molecule has 2 fully saturated rings. The summed E-state index contributed by atoms with van der Waals surface area (Å²) in [6.45, 7) is 0. The van der Waals surface area contributed by atoms with E-state index in [0.717, 1.165) is 12.8 Å². The molecular formula is C6H9NO. The van der Waals surface area contributed by atoms with Crippen molar-refractivity contribution in [1.82, 2.24) is 5.32 Å². The maximum absolute atomic E-state index is 10.7. The first-order chi connectivity index (χ1) is 3.86. The van der Waals surface area contributed by atoms with Gasteiger partial charge in [-0.05, 0) is 19.3 Å². The van der Waals surface area contributed by atoms with Gasteiger partial charge in [0.25, 0.3) is 0 Å². The van der Waals surface area contributed by atoms with Crippen LogP contribution in [0, 0.1) is 5.92 Å². The van der Waals surface area contributed by atoms with E-state index in [1.807, 2.05) is 0 Å². The van der Waals surface area contributed by atoms with Crippen LogP contribution in [0.4, 0.5) is 0 Å². The molecule has 2 atom stereocenters. The van der Waals surface area contributed by atoms with E-state index < -0.39 is 0 Å². The van der Waals surface area contributed by atoms with Crippen LogP contribution in [0.1, 0.15) is 19.3 Å². The fourth-order valence-electron chi connectivity index (χ4n) is 1.67. The van der Waals surface area contributed by atoms with Crippen molar-refractivity contribution >= 4 is 5.91 Å².